The van der Waals surface area contributed by atoms with E-state index < -0.39 is 0 Å². The summed E-state index contributed by atoms with van der Waals surface area (Å²) in [4.78, 5) is 4.19. The summed E-state index contributed by atoms with van der Waals surface area (Å²) in [7, 11) is 0. The lowest BCUT2D eigenvalue weighted by atomic mass is 10.1. The lowest BCUT2D eigenvalue weighted by molar-refractivity contribution is 0.350. The molecule has 0 amide bonds. The Morgan fingerprint density at radius 2 is 2.15 bits per heavy atom. The van der Waals surface area contributed by atoms with Gasteiger partial charge in [-0.15, -0.1) is 0 Å². The van der Waals surface area contributed by atoms with Gasteiger partial charge in [-0.25, -0.2) is 0 Å². The van der Waals surface area contributed by atoms with Crippen LogP contribution in [0.2, 0.25) is 0 Å². The first-order chi connectivity index (χ1) is 6.13. The summed E-state index contributed by atoms with van der Waals surface area (Å²) in [6.45, 7) is 6.15. The number of aromatic nitrogens is 2. The third-order valence-corrected chi connectivity index (χ3v) is 2.11. The van der Waals surface area contributed by atoms with Gasteiger partial charge in [-0.3, -0.25) is 0 Å². The van der Waals surface area contributed by atoms with Crippen molar-refractivity contribution in [3.8, 4) is 0 Å². The van der Waals surface area contributed by atoms with Crippen LogP contribution in [0.25, 0.3) is 0 Å². The van der Waals surface area contributed by atoms with Gasteiger partial charge in [-0.1, -0.05) is 25.4 Å². The fraction of sp³-hybridized carbons (Fsp3) is 0.778. The van der Waals surface area contributed by atoms with Crippen molar-refractivity contribution in [2.75, 3.05) is 0 Å². The molecular weight excluding hydrogens is 166 g/mol. The van der Waals surface area contributed by atoms with E-state index in [0.717, 1.165) is 12.8 Å². The standard InChI is InChI=1S/C9H17N3O/c1-4-6(2)5-8-11-9(7(3)10)12-13-8/h6-7H,4-5,10H2,1-3H3. The third-order valence-electron chi connectivity index (χ3n) is 2.11. The fourth-order valence-electron chi connectivity index (χ4n) is 0.978. The number of rotatable bonds is 4. The molecular formula is C9H17N3O. The van der Waals surface area contributed by atoms with Crippen molar-refractivity contribution >= 4 is 0 Å². The van der Waals surface area contributed by atoms with Crippen LogP contribution in [0.4, 0.5) is 0 Å². The van der Waals surface area contributed by atoms with Crippen molar-refractivity contribution in [1.29, 1.82) is 0 Å². The molecule has 0 radical (unpaired) electrons. The highest BCUT2D eigenvalue weighted by Gasteiger charge is 2.11. The van der Waals surface area contributed by atoms with Gasteiger partial charge in [0.15, 0.2) is 5.82 Å². The molecule has 0 aromatic carbocycles. The van der Waals surface area contributed by atoms with Crippen LogP contribution in [0.15, 0.2) is 4.52 Å². The Morgan fingerprint density at radius 1 is 1.46 bits per heavy atom. The van der Waals surface area contributed by atoms with Crippen LogP contribution in [-0.4, -0.2) is 10.1 Å². The van der Waals surface area contributed by atoms with Gasteiger partial charge in [0.05, 0.1) is 6.04 Å². The van der Waals surface area contributed by atoms with Crippen LogP contribution >= 0.6 is 0 Å². The van der Waals surface area contributed by atoms with E-state index in [-0.39, 0.29) is 6.04 Å². The summed E-state index contributed by atoms with van der Waals surface area (Å²) in [5, 5.41) is 3.79. The Hall–Kier alpha value is -0.900. The minimum absolute atomic E-state index is 0.144. The number of nitrogens with two attached hydrogens (primary N) is 1. The van der Waals surface area contributed by atoms with Crippen molar-refractivity contribution in [2.24, 2.45) is 11.7 Å². The van der Waals surface area contributed by atoms with Gasteiger partial charge >= 0.3 is 0 Å². The molecule has 0 spiro atoms. The summed E-state index contributed by atoms with van der Waals surface area (Å²) in [6.07, 6.45) is 1.96. The van der Waals surface area contributed by atoms with E-state index in [4.69, 9.17) is 10.3 Å². The molecule has 1 heterocycles. The lowest BCUT2D eigenvalue weighted by Crippen LogP contribution is -2.07. The highest BCUT2D eigenvalue weighted by molar-refractivity contribution is 4.91. The largest absolute Gasteiger partial charge is 0.339 e. The Balaban J connectivity index is 2.58. The predicted molar refractivity (Wildman–Crippen MR) is 50.1 cm³/mol. The van der Waals surface area contributed by atoms with Crippen LogP contribution in [0.5, 0.6) is 0 Å². The maximum absolute atomic E-state index is 5.61. The smallest absolute Gasteiger partial charge is 0.226 e. The van der Waals surface area contributed by atoms with Gasteiger partial charge in [0, 0.05) is 6.42 Å². The zero-order chi connectivity index (χ0) is 9.84. The van der Waals surface area contributed by atoms with E-state index in [1.165, 1.54) is 0 Å². The molecule has 13 heavy (non-hydrogen) atoms. The third kappa shape index (κ3) is 2.81. The Bertz CT molecular complexity index is 257. The number of hydrogen-bond donors (Lipinski definition) is 1. The summed E-state index contributed by atoms with van der Waals surface area (Å²) in [5.74, 6) is 1.88. The van der Waals surface area contributed by atoms with Crippen LogP contribution in [0, 0.1) is 5.92 Å². The molecule has 2 atom stereocenters. The zero-order valence-electron chi connectivity index (χ0n) is 8.45. The molecule has 0 fully saturated rings. The van der Waals surface area contributed by atoms with E-state index in [0.29, 0.717) is 17.6 Å². The monoisotopic (exact) mass is 183 g/mol. The molecule has 0 aliphatic carbocycles. The normalized spacial score (nSPS) is 15.7. The minimum Gasteiger partial charge on any atom is -0.339 e. The van der Waals surface area contributed by atoms with E-state index in [1.807, 2.05) is 6.92 Å². The van der Waals surface area contributed by atoms with Crippen LogP contribution < -0.4 is 5.73 Å². The second kappa shape index (κ2) is 4.37. The van der Waals surface area contributed by atoms with Crippen LogP contribution in [0.1, 0.15) is 44.9 Å². The first-order valence-electron chi connectivity index (χ1n) is 4.71. The molecule has 0 bridgehead atoms. The quantitative estimate of drug-likeness (QED) is 0.771. The van der Waals surface area contributed by atoms with Gasteiger partial charge in [0.2, 0.25) is 5.89 Å². The van der Waals surface area contributed by atoms with E-state index >= 15 is 0 Å². The van der Waals surface area contributed by atoms with E-state index in [9.17, 15) is 0 Å². The molecule has 1 aromatic heterocycles. The Labute approximate surface area is 78.5 Å². The fourth-order valence-corrected chi connectivity index (χ4v) is 0.978. The summed E-state index contributed by atoms with van der Waals surface area (Å²) >= 11 is 0. The summed E-state index contributed by atoms with van der Waals surface area (Å²) in [5.41, 5.74) is 5.61. The number of nitrogens with zero attached hydrogens (tertiary/aromatic N) is 2. The van der Waals surface area contributed by atoms with Gasteiger partial charge in [0.1, 0.15) is 0 Å². The van der Waals surface area contributed by atoms with Crippen molar-refractivity contribution in [3.63, 3.8) is 0 Å². The molecule has 0 aliphatic heterocycles. The average molecular weight is 183 g/mol. The molecule has 0 saturated heterocycles. The molecule has 0 aliphatic rings. The maximum atomic E-state index is 5.61. The first kappa shape index (κ1) is 10.2. The Kier molecular flexibility index (Phi) is 3.42. The second-order valence-corrected chi connectivity index (χ2v) is 3.55. The highest BCUT2D eigenvalue weighted by Crippen LogP contribution is 2.11. The molecule has 1 aromatic rings. The van der Waals surface area contributed by atoms with E-state index in [1.54, 1.807) is 0 Å². The highest BCUT2D eigenvalue weighted by atomic mass is 16.5. The topological polar surface area (TPSA) is 64.9 Å². The average Bonchev–Trinajstić information content (AvgIpc) is 2.52. The van der Waals surface area contributed by atoms with Crippen molar-refractivity contribution in [2.45, 2.75) is 39.7 Å². The van der Waals surface area contributed by atoms with Gasteiger partial charge in [-0.05, 0) is 12.8 Å². The second-order valence-electron chi connectivity index (χ2n) is 3.55. The zero-order valence-corrected chi connectivity index (χ0v) is 8.45. The molecule has 0 saturated carbocycles. The summed E-state index contributed by atoms with van der Waals surface area (Å²) < 4.78 is 5.06. The van der Waals surface area contributed by atoms with Crippen molar-refractivity contribution in [1.82, 2.24) is 10.1 Å². The molecule has 1 rings (SSSR count). The summed E-state index contributed by atoms with van der Waals surface area (Å²) in [6, 6.07) is -0.144. The molecule has 2 N–H and O–H groups in total. The lowest BCUT2D eigenvalue weighted by Gasteiger charge is -2.01. The molecule has 2 unspecified atom stereocenters. The van der Waals surface area contributed by atoms with Crippen LogP contribution in [-0.2, 0) is 6.42 Å². The van der Waals surface area contributed by atoms with Gasteiger partial charge < -0.3 is 10.3 Å². The molecule has 4 heteroatoms. The van der Waals surface area contributed by atoms with E-state index in [2.05, 4.69) is 24.0 Å². The van der Waals surface area contributed by atoms with Gasteiger partial charge in [-0.2, -0.15) is 4.98 Å². The van der Waals surface area contributed by atoms with Crippen molar-refractivity contribution in [3.05, 3.63) is 11.7 Å². The molecule has 74 valence electrons. The van der Waals surface area contributed by atoms with Crippen molar-refractivity contribution < 1.29 is 4.52 Å². The predicted octanol–water partition coefficient (Wildman–Crippen LogP) is 1.68. The SMILES string of the molecule is CCC(C)Cc1nc(C(C)N)no1. The van der Waals surface area contributed by atoms with Gasteiger partial charge in [0.25, 0.3) is 0 Å². The first-order valence-corrected chi connectivity index (χ1v) is 4.71. The minimum atomic E-state index is -0.144. The van der Waals surface area contributed by atoms with Crippen LogP contribution in [0.3, 0.4) is 0 Å². The maximum Gasteiger partial charge on any atom is 0.226 e. The number of hydrogen-bond acceptors (Lipinski definition) is 4. The Morgan fingerprint density at radius 3 is 2.62 bits per heavy atom. The molecule has 4 nitrogen and oxygen atoms in total.